The highest BCUT2D eigenvalue weighted by molar-refractivity contribution is 7.11. The maximum atomic E-state index is 12.3. The number of carboxylic acids is 1. The maximum Gasteiger partial charge on any atom is 0.393 e. The van der Waals surface area contributed by atoms with Crippen molar-refractivity contribution in [3.63, 3.8) is 0 Å². The molecule has 0 aliphatic carbocycles. The third-order valence-electron chi connectivity index (χ3n) is 1.90. The van der Waals surface area contributed by atoms with Crippen LogP contribution in [0.25, 0.3) is 5.57 Å². The highest BCUT2D eigenvalue weighted by atomic mass is 32.1. The SMILES string of the molecule is O=C(O)C1=C(c2nc(C(F)F)cs2)C=N[NH2+]1. The summed E-state index contributed by atoms with van der Waals surface area (Å²) in [4.78, 5) is 14.4. The minimum Gasteiger partial charge on any atom is -0.474 e. The zero-order valence-corrected chi connectivity index (χ0v) is 8.54. The fourth-order valence-electron chi connectivity index (χ4n) is 1.18. The minimum absolute atomic E-state index is 0.0323. The Hall–Kier alpha value is -1.67. The number of aromatic nitrogens is 1. The van der Waals surface area contributed by atoms with Gasteiger partial charge in [-0.15, -0.1) is 11.3 Å². The van der Waals surface area contributed by atoms with Crippen LogP contribution in [-0.4, -0.2) is 22.3 Å². The van der Waals surface area contributed by atoms with E-state index < -0.39 is 12.4 Å². The van der Waals surface area contributed by atoms with E-state index in [-0.39, 0.29) is 22.0 Å². The van der Waals surface area contributed by atoms with Crippen molar-refractivity contribution >= 4 is 29.1 Å². The second kappa shape index (κ2) is 4.06. The number of nitrogens with zero attached hydrogens (tertiary/aromatic N) is 2. The maximum absolute atomic E-state index is 12.3. The quantitative estimate of drug-likeness (QED) is 0.759. The zero-order chi connectivity index (χ0) is 11.7. The van der Waals surface area contributed by atoms with E-state index in [9.17, 15) is 13.6 Å². The molecule has 1 aliphatic rings. The van der Waals surface area contributed by atoms with Gasteiger partial charge < -0.3 is 5.11 Å². The number of hydrogen-bond donors (Lipinski definition) is 2. The van der Waals surface area contributed by atoms with E-state index in [1.54, 1.807) is 0 Å². The Morgan fingerprint density at radius 2 is 2.31 bits per heavy atom. The van der Waals surface area contributed by atoms with Crippen LogP contribution in [0.1, 0.15) is 17.1 Å². The van der Waals surface area contributed by atoms with E-state index in [4.69, 9.17) is 5.11 Å². The van der Waals surface area contributed by atoms with Gasteiger partial charge in [-0.2, -0.15) is 5.43 Å². The molecule has 16 heavy (non-hydrogen) atoms. The van der Waals surface area contributed by atoms with Crippen molar-refractivity contribution in [1.29, 1.82) is 0 Å². The molecule has 0 aromatic carbocycles. The summed E-state index contributed by atoms with van der Waals surface area (Å²) in [6, 6.07) is 0. The fourth-order valence-corrected chi connectivity index (χ4v) is 2.01. The normalized spacial score (nSPS) is 15.2. The van der Waals surface area contributed by atoms with Gasteiger partial charge in [0.05, 0.1) is 6.21 Å². The fraction of sp³-hybridized carbons (Fsp3) is 0.125. The first kappa shape index (κ1) is 10.8. The predicted molar refractivity (Wildman–Crippen MR) is 52.0 cm³/mol. The van der Waals surface area contributed by atoms with Crippen molar-refractivity contribution in [3.8, 4) is 0 Å². The molecule has 0 atom stereocenters. The van der Waals surface area contributed by atoms with Crippen LogP contribution in [0.4, 0.5) is 8.78 Å². The number of halogens is 2. The van der Waals surface area contributed by atoms with Gasteiger partial charge in [0.15, 0.2) is 0 Å². The molecule has 2 rings (SSSR count). The van der Waals surface area contributed by atoms with Crippen LogP contribution in [-0.2, 0) is 4.79 Å². The summed E-state index contributed by atoms with van der Waals surface area (Å²) in [5.41, 5.74) is 1.05. The minimum atomic E-state index is -2.65. The predicted octanol–water partition coefficient (Wildman–Crippen LogP) is 0.439. The molecular weight excluding hydrogens is 240 g/mol. The number of carboxylic acid groups (broad SMARTS) is 1. The number of rotatable bonds is 3. The molecule has 0 spiro atoms. The molecular formula is C8H6F2N3O2S+. The van der Waals surface area contributed by atoms with Gasteiger partial charge in [0, 0.05) is 5.38 Å². The molecule has 1 aromatic rings. The van der Waals surface area contributed by atoms with Crippen molar-refractivity contribution in [2.45, 2.75) is 6.43 Å². The van der Waals surface area contributed by atoms with Crippen LogP contribution in [0.5, 0.6) is 0 Å². The molecule has 0 amide bonds. The number of thiazole rings is 1. The molecule has 0 saturated heterocycles. The number of quaternary nitrogens is 1. The van der Waals surface area contributed by atoms with Crippen LogP contribution >= 0.6 is 11.3 Å². The Morgan fingerprint density at radius 3 is 2.88 bits per heavy atom. The van der Waals surface area contributed by atoms with E-state index >= 15 is 0 Å². The van der Waals surface area contributed by atoms with E-state index in [0.717, 1.165) is 11.3 Å². The molecule has 0 bridgehead atoms. The van der Waals surface area contributed by atoms with Crippen LogP contribution in [0.3, 0.4) is 0 Å². The van der Waals surface area contributed by atoms with Crippen molar-refractivity contribution in [2.24, 2.45) is 5.10 Å². The van der Waals surface area contributed by atoms with E-state index in [2.05, 4.69) is 10.1 Å². The Labute approximate surface area is 92.1 Å². The molecule has 8 heteroatoms. The first-order valence-corrected chi connectivity index (χ1v) is 5.05. The van der Waals surface area contributed by atoms with Crippen LogP contribution in [0, 0.1) is 0 Å². The van der Waals surface area contributed by atoms with Crippen LogP contribution < -0.4 is 5.43 Å². The molecule has 0 unspecified atom stereocenters. The summed E-state index contributed by atoms with van der Waals surface area (Å²) < 4.78 is 24.6. The van der Waals surface area contributed by atoms with Gasteiger partial charge in [0.2, 0.25) is 0 Å². The molecule has 84 valence electrons. The number of allylic oxidation sites excluding steroid dienone is 1. The summed E-state index contributed by atoms with van der Waals surface area (Å²) in [6.07, 6.45) is -1.35. The van der Waals surface area contributed by atoms with Crippen molar-refractivity contribution < 1.29 is 24.1 Å². The van der Waals surface area contributed by atoms with Crippen LogP contribution in [0.15, 0.2) is 16.2 Å². The van der Waals surface area contributed by atoms with E-state index in [1.165, 1.54) is 17.0 Å². The van der Waals surface area contributed by atoms with Gasteiger partial charge in [0.25, 0.3) is 12.1 Å². The monoisotopic (exact) mass is 246 g/mol. The average Bonchev–Trinajstić information content (AvgIpc) is 2.86. The highest BCUT2D eigenvalue weighted by Crippen LogP contribution is 2.26. The molecule has 1 aromatic heterocycles. The van der Waals surface area contributed by atoms with E-state index in [0.29, 0.717) is 0 Å². The second-order valence-corrected chi connectivity index (χ2v) is 3.78. The lowest BCUT2D eigenvalue weighted by Gasteiger charge is -1.93. The smallest absolute Gasteiger partial charge is 0.393 e. The molecule has 0 fully saturated rings. The Morgan fingerprint density at radius 1 is 1.56 bits per heavy atom. The van der Waals surface area contributed by atoms with Crippen molar-refractivity contribution in [3.05, 3.63) is 21.8 Å². The summed E-state index contributed by atoms with van der Waals surface area (Å²) in [6.45, 7) is 0. The number of carbonyl (C=O) groups is 1. The number of hydrogen-bond acceptors (Lipinski definition) is 4. The molecule has 0 radical (unpaired) electrons. The average molecular weight is 246 g/mol. The summed E-state index contributed by atoms with van der Waals surface area (Å²) in [5, 5.41) is 13.9. The van der Waals surface area contributed by atoms with Gasteiger partial charge in [-0.05, 0) is 0 Å². The standard InChI is InChI=1S/C8H5F2N3O2S/c9-6(10)4-2-16-7(12-4)3-1-11-13-5(3)8(14)15/h1-2,6H,(H,11,13)(H,14,15)/p+1. The summed E-state index contributed by atoms with van der Waals surface area (Å²) >= 11 is 0.973. The Bertz CT molecular complexity index is 495. The summed E-state index contributed by atoms with van der Waals surface area (Å²) in [5.74, 6) is -1.15. The largest absolute Gasteiger partial charge is 0.474 e. The highest BCUT2D eigenvalue weighted by Gasteiger charge is 2.26. The lowest BCUT2D eigenvalue weighted by molar-refractivity contribution is -0.603. The summed E-state index contributed by atoms with van der Waals surface area (Å²) in [7, 11) is 0. The lowest BCUT2D eigenvalue weighted by atomic mass is 10.2. The molecule has 3 N–H and O–H groups in total. The second-order valence-electron chi connectivity index (χ2n) is 2.92. The van der Waals surface area contributed by atoms with Crippen LogP contribution in [0.2, 0.25) is 0 Å². The number of alkyl halides is 2. The third-order valence-corrected chi connectivity index (χ3v) is 2.80. The molecule has 0 saturated carbocycles. The molecule has 1 aliphatic heterocycles. The first-order valence-electron chi connectivity index (χ1n) is 4.17. The third kappa shape index (κ3) is 1.84. The van der Waals surface area contributed by atoms with Gasteiger partial charge in [-0.1, -0.05) is 5.10 Å². The molecule has 2 heterocycles. The number of nitrogens with two attached hydrogens (primary N) is 1. The van der Waals surface area contributed by atoms with Gasteiger partial charge >= 0.3 is 5.97 Å². The van der Waals surface area contributed by atoms with Crippen molar-refractivity contribution in [2.75, 3.05) is 0 Å². The first-order chi connectivity index (χ1) is 7.59. The zero-order valence-electron chi connectivity index (χ0n) is 7.72. The Balaban J connectivity index is 2.39. The number of aliphatic carboxylic acids is 1. The lowest BCUT2D eigenvalue weighted by Crippen LogP contribution is -2.75. The van der Waals surface area contributed by atoms with Gasteiger partial charge in [-0.3, -0.25) is 0 Å². The van der Waals surface area contributed by atoms with Gasteiger partial charge in [0.1, 0.15) is 16.3 Å². The molecule has 5 nitrogen and oxygen atoms in total. The van der Waals surface area contributed by atoms with Crippen molar-refractivity contribution in [1.82, 2.24) is 4.98 Å². The van der Waals surface area contributed by atoms with E-state index in [1.807, 2.05) is 0 Å². The van der Waals surface area contributed by atoms with Gasteiger partial charge in [-0.25, -0.2) is 18.6 Å². The Kier molecular flexibility index (Phi) is 2.75. The topological polar surface area (TPSA) is 79.2 Å².